The Kier molecular flexibility index (Phi) is 7.60. The lowest BCUT2D eigenvalue weighted by Crippen LogP contribution is -2.32. The number of rotatable bonds is 10. The summed E-state index contributed by atoms with van der Waals surface area (Å²) in [7, 11) is 0. The molecule has 0 unspecified atom stereocenters. The number of nitriles is 1. The zero-order valence-corrected chi connectivity index (χ0v) is 15.3. The third-order valence-electron chi connectivity index (χ3n) is 3.59. The maximum Gasteiger partial charge on any atom is 0.292 e. The van der Waals surface area contributed by atoms with Gasteiger partial charge in [0.05, 0.1) is 23.2 Å². The van der Waals surface area contributed by atoms with E-state index in [1.54, 1.807) is 43.3 Å². The van der Waals surface area contributed by atoms with Gasteiger partial charge in [0, 0.05) is 25.2 Å². The van der Waals surface area contributed by atoms with Crippen molar-refractivity contribution in [1.82, 2.24) is 5.32 Å². The maximum absolute atomic E-state index is 11.9. The number of nitro groups is 1. The predicted molar refractivity (Wildman–Crippen MR) is 102 cm³/mol. The molecular weight excluding hydrogens is 364 g/mol. The van der Waals surface area contributed by atoms with Crippen LogP contribution in [-0.4, -0.2) is 37.1 Å². The molecule has 0 saturated heterocycles. The Hall–Kier alpha value is -3.80. The summed E-state index contributed by atoms with van der Waals surface area (Å²) in [6.07, 6.45) is 0. The van der Waals surface area contributed by atoms with Crippen LogP contribution in [0.15, 0.2) is 42.5 Å². The number of benzene rings is 2. The molecule has 2 aromatic carbocycles. The fraction of sp³-hybridized carbons (Fsp3) is 0.263. The average molecular weight is 384 g/mol. The summed E-state index contributed by atoms with van der Waals surface area (Å²) >= 11 is 0. The van der Waals surface area contributed by atoms with Crippen LogP contribution in [0.2, 0.25) is 0 Å². The summed E-state index contributed by atoms with van der Waals surface area (Å²) in [5, 5.41) is 25.5. The molecule has 9 nitrogen and oxygen atoms in total. The molecule has 0 aromatic heterocycles. The van der Waals surface area contributed by atoms with E-state index in [1.165, 1.54) is 6.07 Å². The zero-order chi connectivity index (χ0) is 20.4. The van der Waals surface area contributed by atoms with E-state index >= 15 is 0 Å². The van der Waals surface area contributed by atoms with Crippen molar-refractivity contribution in [2.45, 2.75) is 6.92 Å². The molecule has 0 radical (unpaired) electrons. The highest BCUT2D eigenvalue weighted by Gasteiger charge is 2.12. The monoisotopic (exact) mass is 384 g/mol. The van der Waals surface area contributed by atoms with Gasteiger partial charge in [-0.25, -0.2) is 0 Å². The van der Waals surface area contributed by atoms with Crippen LogP contribution in [0.5, 0.6) is 11.5 Å². The molecule has 0 bridgehead atoms. The maximum atomic E-state index is 11.9. The van der Waals surface area contributed by atoms with E-state index in [4.69, 9.17) is 14.7 Å². The molecule has 2 rings (SSSR count). The lowest BCUT2D eigenvalue weighted by atomic mass is 10.2. The van der Waals surface area contributed by atoms with Crippen LogP contribution in [0, 0.1) is 21.4 Å². The molecular formula is C19H20N4O5. The number of amides is 1. The molecule has 0 spiro atoms. The minimum atomic E-state index is -0.470. The molecule has 0 heterocycles. The normalized spacial score (nSPS) is 9.86. The highest BCUT2D eigenvalue weighted by molar-refractivity contribution is 5.77. The third-order valence-corrected chi connectivity index (χ3v) is 3.59. The number of nitrogens with zero attached hydrogens (tertiary/aromatic N) is 2. The first-order chi connectivity index (χ1) is 13.5. The SMILES string of the molecule is CCOc1cc(C#N)ccc1OCC(=O)NCCNc1ccccc1[N+](=O)[O-]. The molecule has 0 atom stereocenters. The Morgan fingerprint density at radius 2 is 1.96 bits per heavy atom. The van der Waals surface area contributed by atoms with Gasteiger partial charge in [-0.2, -0.15) is 5.26 Å². The smallest absolute Gasteiger partial charge is 0.292 e. The Morgan fingerprint density at radius 1 is 1.18 bits per heavy atom. The van der Waals surface area contributed by atoms with Crippen LogP contribution >= 0.6 is 0 Å². The van der Waals surface area contributed by atoms with Gasteiger partial charge in [0.25, 0.3) is 11.6 Å². The number of nitro benzene ring substituents is 1. The summed E-state index contributed by atoms with van der Waals surface area (Å²) in [5.74, 6) is 0.414. The van der Waals surface area contributed by atoms with Crippen LogP contribution in [0.25, 0.3) is 0 Å². The summed E-state index contributed by atoms with van der Waals surface area (Å²) in [4.78, 5) is 22.4. The van der Waals surface area contributed by atoms with Gasteiger partial charge in [-0.1, -0.05) is 12.1 Å². The van der Waals surface area contributed by atoms with Crippen molar-refractivity contribution < 1.29 is 19.2 Å². The van der Waals surface area contributed by atoms with Gasteiger partial charge in [-0.15, -0.1) is 0 Å². The van der Waals surface area contributed by atoms with Gasteiger partial charge in [0.2, 0.25) is 0 Å². The first-order valence-corrected chi connectivity index (χ1v) is 8.59. The molecule has 1 amide bonds. The molecule has 0 fully saturated rings. The summed E-state index contributed by atoms with van der Waals surface area (Å²) < 4.78 is 10.9. The van der Waals surface area contributed by atoms with E-state index in [1.807, 2.05) is 6.07 Å². The van der Waals surface area contributed by atoms with Gasteiger partial charge in [-0.05, 0) is 25.1 Å². The van der Waals surface area contributed by atoms with Crippen LogP contribution in [0.4, 0.5) is 11.4 Å². The number of hydrogen-bond donors (Lipinski definition) is 2. The molecule has 2 N–H and O–H groups in total. The second-order valence-electron chi connectivity index (χ2n) is 5.55. The minimum Gasteiger partial charge on any atom is -0.490 e. The standard InChI is InChI=1S/C19H20N4O5/c1-2-27-18-11-14(12-20)7-8-17(18)28-13-19(24)22-10-9-21-15-5-3-4-6-16(15)23(25)26/h3-8,11,21H,2,9-10,13H2,1H3,(H,22,24). The molecule has 9 heteroatoms. The second kappa shape index (κ2) is 10.4. The van der Waals surface area contributed by atoms with Crippen LogP contribution in [-0.2, 0) is 4.79 Å². The Balaban J connectivity index is 1.80. The number of anilines is 1. The lowest BCUT2D eigenvalue weighted by molar-refractivity contribution is -0.384. The Morgan fingerprint density at radius 3 is 2.68 bits per heavy atom. The number of ether oxygens (including phenoxy) is 2. The highest BCUT2D eigenvalue weighted by Crippen LogP contribution is 2.28. The fourth-order valence-corrected chi connectivity index (χ4v) is 2.34. The Bertz CT molecular complexity index is 879. The zero-order valence-electron chi connectivity index (χ0n) is 15.3. The van der Waals surface area contributed by atoms with Crippen LogP contribution in [0.1, 0.15) is 12.5 Å². The third kappa shape index (κ3) is 5.88. The van der Waals surface area contributed by atoms with E-state index in [0.29, 0.717) is 35.9 Å². The van der Waals surface area contributed by atoms with Crippen molar-refractivity contribution >= 4 is 17.3 Å². The molecule has 146 valence electrons. The van der Waals surface area contributed by atoms with E-state index < -0.39 is 4.92 Å². The minimum absolute atomic E-state index is 0.0265. The highest BCUT2D eigenvalue weighted by atomic mass is 16.6. The molecule has 0 saturated carbocycles. The molecule has 28 heavy (non-hydrogen) atoms. The van der Waals surface area contributed by atoms with Crippen LogP contribution < -0.4 is 20.1 Å². The largest absolute Gasteiger partial charge is 0.490 e. The Labute approximate surface area is 162 Å². The molecule has 0 aliphatic rings. The number of hydrogen-bond acceptors (Lipinski definition) is 7. The van der Waals surface area contributed by atoms with Gasteiger partial charge in [0.15, 0.2) is 18.1 Å². The molecule has 0 aliphatic heterocycles. The van der Waals surface area contributed by atoms with Gasteiger partial charge < -0.3 is 20.1 Å². The van der Waals surface area contributed by atoms with Crippen molar-refractivity contribution in [3.8, 4) is 17.6 Å². The number of carbonyl (C=O) groups is 1. The van der Waals surface area contributed by atoms with Crippen molar-refractivity contribution in [2.24, 2.45) is 0 Å². The van der Waals surface area contributed by atoms with Crippen molar-refractivity contribution in [3.63, 3.8) is 0 Å². The fourth-order valence-electron chi connectivity index (χ4n) is 2.34. The summed E-state index contributed by atoms with van der Waals surface area (Å²) in [6, 6.07) is 13.0. The number of para-hydroxylation sites is 2. The van der Waals surface area contributed by atoms with Gasteiger partial charge >= 0.3 is 0 Å². The average Bonchev–Trinajstić information content (AvgIpc) is 2.70. The van der Waals surface area contributed by atoms with Crippen molar-refractivity contribution in [2.75, 3.05) is 31.6 Å². The quantitative estimate of drug-likeness (QED) is 0.366. The topological polar surface area (TPSA) is 127 Å². The second-order valence-corrected chi connectivity index (χ2v) is 5.55. The van der Waals surface area contributed by atoms with E-state index in [-0.39, 0.29) is 24.7 Å². The lowest BCUT2D eigenvalue weighted by Gasteiger charge is -2.12. The molecule has 2 aromatic rings. The van der Waals surface area contributed by atoms with Crippen molar-refractivity contribution in [3.05, 3.63) is 58.1 Å². The molecule has 0 aliphatic carbocycles. The first-order valence-electron chi connectivity index (χ1n) is 8.59. The summed E-state index contributed by atoms with van der Waals surface area (Å²) in [6.45, 7) is 2.56. The van der Waals surface area contributed by atoms with Gasteiger partial charge in [0.1, 0.15) is 5.69 Å². The van der Waals surface area contributed by atoms with Crippen molar-refractivity contribution in [1.29, 1.82) is 5.26 Å². The summed E-state index contributed by atoms with van der Waals surface area (Å²) in [5.41, 5.74) is 0.791. The first kappa shape index (κ1) is 20.5. The number of carbonyl (C=O) groups excluding carboxylic acids is 1. The van der Waals surface area contributed by atoms with E-state index in [0.717, 1.165) is 0 Å². The van der Waals surface area contributed by atoms with Crippen LogP contribution in [0.3, 0.4) is 0 Å². The number of nitrogens with one attached hydrogen (secondary N) is 2. The van der Waals surface area contributed by atoms with E-state index in [9.17, 15) is 14.9 Å². The van der Waals surface area contributed by atoms with E-state index in [2.05, 4.69) is 10.6 Å². The van der Waals surface area contributed by atoms with Gasteiger partial charge in [-0.3, -0.25) is 14.9 Å². The predicted octanol–water partition coefficient (Wildman–Crippen LogP) is 2.47.